The maximum absolute atomic E-state index is 12.6. The Hall–Kier alpha value is -3.15. The van der Waals surface area contributed by atoms with Crippen LogP contribution in [-0.2, 0) is 0 Å². The van der Waals surface area contributed by atoms with Crippen molar-refractivity contribution in [2.24, 2.45) is 0 Å². The van der Waals surface area contributed by atoms with Crippen LogP contribution in [0.3, 0.4) is 0 Å². The number of aromatic nitrogens is 3. The molecular weight excluding hydrogens is 314 g/mol. The lowest BCUT2D eigenvalue weighted by atomic mass is 10.1. The van der Waals surface area contributed by atoms with Crippen molar-refractivity contribution in [1.29, 1.82) is 0 Å². The second kappa shape index (κ2) is 6.39. The van der Waals surface area contributed by atoms with E-state index in [-0.39, 0.29) is 17.4 Å². The van der Waals surface area contributed by atoms with E-state index >= 15 is 0 Å². The van der Waals surface area contributed by atoms with Gasteiger partial charge in [0.2, 0.25) is 0 Å². The number of aryl methyl sites for hydroxylation is 4. The minimum Gasteiger partial charge on any atom is -0.382 e. The third-order valence-corrected chi connectivity index (χ3v) is 4.09. The SMILES string of the molecule is Cc1cc(C)cc(-n2nnc(C(=O)Nc3c(C)cccc3C)c2N)c1. The maximum atomic E-state index is 12.6. The predicted octanol–water partition coefficient (Wildman–Crippen LogP) is 3.34. The molecular formula is C19H21N5O. The van der Waals surface area contributed by atoms with E-state index in [0.717, 1.165) is 33.6 Å². The lowest BCUT2D eigenvalue weighted by Crippen LogP contribution is -2.16. The smallest absolute Gasteiger partial charge is 0.280 e. The van der Waals surface area contributed by atoms with Gasteiger partial charge in [-0.3, -0.25) is 4.79 Å². The van der Waals surface area contributed by atoms with Crippen LogP contribution in [0, 0.1) is 27.7 Å². The van der Waals surface area contributed by atoms with E-state index in [1.54, 1.807) is 0 Å². The number of rotatable bonds is 3. The zero-order valence-electron chi connectivity index (χ0n) is 14.8. The van der Waals surface area contributed by atoms with E-state index in [9.17, 15) is 4.79 Å². The number of para-hydroxylation sites is 1. The second-order valence-corrected chi connectivity index (χ2v) is 6.30. The first-order valence-corrected chi connectivity index (χ1v) is 8.04. The van der Waals surface area contributed by atoms with Crippen LogP contribution in [0.2, 0.25) is 0 Å². The highest BCUT2D eigenvalue weighted by Crippen LogP contribution is 2.22. The monoisotopic (exact) mass is 335 g/mol. The van der Waals surface area contributed by atoms with Crippen LogP contribution >= 0.6 is 0 Å². The van der Waals surface area contributed by atoms with Gasteiger partial charge in [0.25, 0.3) is 5.91 Å². The fourth-order valence-corrected chi connectivity index (χ4v) is 2.90. The molecule has 0 unspecified atom stereocenters. The number of anilines is 2. The summed E-state index contributed by atoms with van der Waals surface area (Å²) in [7, 11) is 0. The van der Waals surface area contributed by atoms with Crippen LogP contribution in [0.5, 0.6) is 0 Å². The van der Waals surface area contributed by atoms with Crippen molar-refractivity contribution < 1.29 is 4.79 Å². The molecule has 0 fully saturated rings. The van der Waals surface area contributed by atoms with Crippen LogP contribution in [0.4, 0.5) is 11.5 Å². The van der Waals surface area contributed by atoms with Crippen LogP contribution in [0.15, 0.2) is 36.4 Å². The summed E-state index contributed by atoms with van der Waals surface area (Å²) >= 11 is 0. The van der Waals surface area contributed by atoms with Gasteiger partial charge in [-0.2, -0.15) is 4.68 Å². The van der Waals surface area contributed by atoms with Gasteiger partial charge in [0.05, 0.1) is 5.69 Å². The van der Waals surface area contributed by atoms with E-state index in [0.29, 0.717) is 0 Å². The standard InChI is InChI=1S/C19H21N5O/c1-11-8-12(2)10-15(9-11)24-18(20)17(22-23-24)19(25)21-16-13(3)6-5-7-14(16)4/h5-10H,20H2,1-4H3,(H,21,25). The van der Waals surface area contributed by atoms with Crippen molar-refractivity contribution in [3.63, 3.8) is 0 Å². The lowest BCUT2D eigenvalue weighted by molar-refractivity contribution is 0.102. The number of nitrogens with zero attached hydrogens (tertiary/aromatic N) is 3. The van der Waals surface area contributed by atoms with E-state index in [2.05, 4.69) is 21.7 Å². The molecule has 3 aromatic rings. The van der Waals surface area contributed by atoms with Crippen molar-refractivity contribution in [2.45, 2.75) is 27.7 Å². The topological polar surface area (TPSA) is 85.8 Å². The first-order chi connectivity index (χ1) is 11.9. The molecule has 0 radical (unpaired) electrons. The summed E-state index contributed by atoms with van der Waals surface area (Å²) in [4.78, 5) is 12.6. The summed E-state index contributed by atoms with van der Waals surface area (Å²) in [5.74, 6) is -0.153. The Morgan fingerprint density at radius 3 is 2.24 bits per heavy atom. The molecule has 0 spiro atoms. The Morgan fingerprint density at radius 2 is 1.64 bits per heavy atom. The fourth-order valence-electron chi connectivity index (χ4n) is 2.90. The minimum atomic E-state index is -0.370. The van der Waals surface area contributed by atoms with Gasteiger partial charge in [-0.05, 0) is 62.1 Å². The molecule has 0 saturated carbocycles. The zero-order chi connectivity index (χ0) is 18.1. The summed E-state index contributed by atoms with van der Waals surface area (Å²) in [6.07, 6.45) is 0. The fraction of sp³-hybridized carbons (Fsp3) is 0.211. The Balaban J connectivity index is 1.94. The lowest BCUT2D eigenvalue weighted by Gasteiger charge is -2.10. The summed E-state index contributed by atoms with van der Waals surface area (Å²) in [5, 5.41) is 10.9. The molecule has 1 amide bonds. The molecule has 2 aromatic carbocycles. The molecule has 0 aliphatic heterocycles. The van der Waals surface area contributed by atoms with Crippen molar-refractivity contribution in [3.05, 3.63) is 64.3 Å². The normalized spacial score (nSPS) is 10.7. The number of hydrogen-bond donors (Lipinski definition) is 2. The molecule has 3 N–H and O–H groups in total. The van der Waals surface area contributed by atoms with Gasteiger partial charge in [0.1, 0.15) is 0 Å². The van der Waals surface area contributed by atoms with E-state index in [1.165, 1.54) is 4.68 Å². The minimum absolute atomic E-state index is 0.113. The molecule has 128 valence electrons. The molecule has 1 aromatic heterocycles. The average molecular weight is 335 g/mol. The van der Waals surface area contributed by atoms with Crippen molar-refractivity contribution >= 4 is 17.4 Å². The van der Waals surface area contributed by atoms with E-state index < -0.39 is 0 Å². The molecule has 6 nitrogen and oxygen atoms in total. The van der Waals surface area contributed by atoms with Gasteiger partial charge >= 0.3 is 0 Å². The van der Waals surface area contributed by atoms with E-state index in [1.807, 2.05) is 58.0 Å². The molecule has 0 saturated heterocycles. The highest BCUT2D eigenvalue weighted by molar-refractivity contribution is 6.06. The molecule has 0 bridgehead atoms. The Morgan fingerprint density at radius 1 is 1.04 bits per heavy atom. The van der Waals surface area contributed by atoms with E-state index in [4.69, 9.17) is 5.73 Å². The number of carbonyl (C=O) groups is 1. The molecule has 0 aliphatic carbocycles. The number of benzene rings is 2. The highest BCUT2D eigenvalue weighted by Gasteiger charge is 2.19. The summed E-state index contributed by atoms with van der Waals surface area (Å²) in [6.45, 7) is 7.88. The van der Waals surface area contributed by atoms with Crippen LogP contribution in [-0.4, -0.2) is 20.9 Å². The molecule has 0 aliphatic rings. The Bertz CT molecular complexity index is 918. The second-order valence-electron chi connectivity index (χ2n) is 6.30. The first-order valence-electron chi connectivity index (χ1n) is 8.04. The van der Waals surface area contributed by atoms with Crippen LogP contribution in [0.25, 0.3) is 5.69 Å². The summed E-state index contributed by atoms with van der Waals surface area (Å²) < 4.78 is 1.49. The quantitative estimate of drug-likeness (QED) is 0.768. The Kier molecular flexibility index (Phi) is 4.27. The number of hydrogen-bond acceptors (Lipinski definition) is 4. The average Bonchev–Trinajstić information content (AvgIpc) is 2.92. The van der Waals surface area contributed by atoms with Gasteiger partial charge in [0, 0.05) is 5.69 Å². The first kappa shape index (κ1) is 16.7. The van der Waals surface area contributed by atoms with Gasteiger partial charge < -0.3 is 11.1 Å². The van der Waals surface area contributed by atoms with Crippen molar-refractivity contribution in [3.8, 4) is 5.69 Å². The molecule has 25 heavy (non-hydrogen) atoms. The van der Waals surface area contributed by atoms with Gasteiger partial charge in [-0.15, -0.1) is 5.10 Å². The van der Waals surface area contributed by atoms with Crippen molar-refractivity contribution in [1.82, 2.24) is 15.0 Å². The van der Waals surface area contributed by atoms with Gasteiger partial charge in [-0.25, -0.2) is 0 Å². The molecule has 3 rings (SSSR count). The molecule has 0 atom stereocenters. The summed E-state index contributed by atoms with van der Waals surface area (Å²) in [6, 6.07) is 11.8. The number of carbonyl (C=O) groups excluding carboxylic acids is 1. The summed E-state index contributed by atoms with van der Waals surface area (Å²) in [5.41, 5.74) is 12.0. The third-order valence-electron chi connectivity index (χ3n) is 4.09. The highest BCUT2D eigenvalue weighted by atomic mass is 16.2. The number of nitrogens with two attached hydrogens (primary N) is 1. The van der Waals surface area contributed by atoms with Gasteiger partial charge in [0.15, 0.2) is 11.5 Å². The zero-order valence-corrected chi connectivity index (χ0v) is 14.8. The molecule has 1 heterocycles. The molecule has 6 heteroatoms. The Labute approximate surface area is 146 Å². The van der Waals surface area contributed by atoms with Crippen molar-refractivity contribution in [2.75, 3.05) is 11.1 Å². The number of nitrogens with one attached hydrogen (secondary N) is 1. The van der Waals surface area contributed by atoms with Crippen LogP contribution < -0.4 is 11.1 Å². The third kappa shape index (κ3) is 3.24. The predicted molar refractivity (Wildman–Crippen MR) is 99.1 cm³/mol. The largest absolute Gasteiger partial charge is 0.382 e. The van der Waals surface area contributed by atoms with Crippen LogP contribution in [0.1, 0.15) is 32.7 Å². The number of amides is 1. The van der Waals surface area contributed by atoms with Gasteiger partial charge in [-0.1, -0.05) is 29.5 Å². The maximum Gasteiger partial charge on any atom is 0.280 e. The number of nitrogen functional groups attached to an aromatic ring is 1.